The molecule has 0 aliphatic heterocycles. The summed E-state index contributed by atoms with van der Waals surface area (Å²) in [6.45, 7) is 1.82. The highest BCUT2D eigenvalue weighted by Crippen LogP contribution is 2.30. The van der Waals surface area contributed by atoms with E-state index in [-0.39, 0.29) is 24.1 Å². The van der Waals surface area contributed by atoms with Crippen molar-refractivity contribution in [1.29, 1.82) is 0 Å². The number of rotatable bonds is 6. The zero-order chi connectivity index (χ0) is 14.8. The van der Waals surface area contributed by atoms with E-state index in [9.17, 15) is 12.8 Å². The van der Waals surface area contributed by atoms with Gasteiger partial charge in [0.15, 0.2) is 0 Å². The van der Waals surface area contributed by atoms with Gasteiger partial charge in [0.05, 0.1) is 4.90 Å². The average Bonchev–Trinajstić information content (AvgIpc) is 2.35. The fraction of sp³-hybridized carbons (Fsp3) is 0.571. The van der Waals surface area contributed by atoms with Gasteiger partial charge in [0.1, 0.15) is 5.82 Å². The minimum Gasteiger partial charge on any atom is -0.396 e. The van der Waals surface area contributed by atoms with E-state index in [0.29, 0.717) is 12.0 Å². The third-order valence-electron chi connectivity index (χ3n) is 3.77. The molecule has 1 aliphatic rings. The predicted molar refractivity (Wildman–Crippen MR) is 74.4 cm³/mol. The standard InChI is InChI=1S/C14H20FNO3S/c1-11-6-7-13(10-14(11)15)20(18,19)16(8-3-9-17)12-4-2-5-12/h6-7,10,12,17H,2-5,8-9H2,1H3. The maximum atomic E-state index is 13.6. The Labute approximate surface area is 119 Å². The van der Waals surface area contributed by atoms with Crippen LogP contribution in [0, 0.1) is 12.7 Å². The Morgan fingerprint density at radius 2 is 2.10 bits per heavy atom. The number of aryl methyl sites for hydroxylation is 1. The normalized spacial score (nSPS) is 16.4. The van der Waals surface area contributed by atoms with Gasteiger partial charge in [-0.15, -0.1) is 0 Å². The number of hydrogen-bond acceptors (Lipinski definition) is 3. The van der Waals surface area contributed by atoms with Crippen LogP contribution in [0.15, 0.2) is 23.1 Å². The van der Waals surface area contributed by atoms with Crippen LogP contribution in [0.4, 0.5) is 4.39 Å². The van der Waals surface area contributed by atoms with E-state index in [1.54, 1.807) is 6.92 Å². The zero-order valence-electron chi connectivity index (χ0n) is 11.5. The van der Waals surface area contributed by atoms with E-state index in [2.05, 4.69) is 0 Å². The summed E-state index contributed by atoms with van der Waals surface area (Å²) in [6, 6.07) is 3.98. The molecule has 1 N–H and O–H groups in total. The predicted octanol–water partition coefficient (Wildman–Crippen LogP) is 2.06. The number of nitrogens with zero attached hydrogens (tertiary/aromatic N) is 1. The lowest BCUT2D eigenvalue weighted by Gasteiger charge is -2.36. The van der Waals surface area contributed by atoms with Crippen molar-refractivity contribution in [3.63, 3.8) is 0 Å². The van der Waals surface area contributed by atoms with Crippen LogP contribution >= 0.6 is 0 Å². The van der Waals surface area contributed by atoms with Crippen molar-refractivity contribution in [2.24, 2.45) is 0 Å². The summed E-state index contributed by atoms with van der Waals surface area (Å²) >= 11 is 0. The number of halogens is 1. The molecule has 0 amide bonds. The average molecular weight is 301 g/mol. The quantitative estimate of drug-likeness (QED) is 0.875. The highest BCUT2D eigenvalue weighted by molar-refractivity contribution is 7.89. The molecule has 0 spiro atoms. The first-order valence-corrected chi connectivity index (χ1v) is 8.29. The summed E-state index contributed by atoms with van der Waals surface area (Å²) in [5, 5.41) is 8.92. The van der Waals surface area contributed by atoms with Crippen molar-refractivity contribution in [2.45, 2.75) is 43.5 Å². The molecule has 4 nitrogen and oxygen atoms in total. The van der Waals surface area contributed by atoms with Crippen LogP contribution in [0.25, 0.3) is 0 Å². The van der Waals surface area contributed by atoms with Gasteiger partial charge < -0.3 is 5.11 Å². The van der Waals surface area contributed by atoms with Crippen molar-refractivity contribution >= 4 is 10.0 Å². The van der Waals surface area contributed by atoms with E-state index in [1.807, 2.05) is 0 Å². The first kappa shape index (κ1) is 15.4. The molecule has 1 aromatic carbocycles. The van der Waals surface area contributed by atoms with Gasteiger partial charge in [-0.2, -0.15) is 4.31 Å². The minimum absolute atomic E-state index is 0.00885. The summed E-state index contributed by atoms with van der Waals surface area (Å²) in [6.07, 6.45) is 3.07. The molecule has 0 saturated heterocycles. The molecule has 0 unspecified atom stereocenters. The zero-order valence-corrected chi connectivity index (χ0v) is 12.4. The van der Waals surface area contributed by atoms with Crippen LogP contribution in [0.2, 0.25) is 0 Å². The molecule has 2 rings (SSSR count). The molecular weight excluding hydrogens is 281 g/mol. The fourth-order valence-corrected chi connectivity index (χ4v) is 4.01. The van der Waals surface area contributed by atoms with E-state index < -0.39 is 15.8 Å². The SMILES string of the molecule is Cc1ccc(S(=O)(=O)N(CCCO)C2CCC2)cc1F. The number of sulfonamides is 1. The van der Waals surface area contributed by atoms with Crippen molar-refractivity contribution in [3.05, 3.63) is 29.6 Å². The molecule has 1 aliphatic carbocycles. The van der Waals surface area contributed by atoms with Gasteiger partial charge in [0.2, 0.25) is 10.0 Å². The van der Waals surface area contributed by atoms with Crippen molar-refractivity contribution in [1.82, 2.24) is 4.31 Å². The lowest BCUT2D eigenvalue weighted by Crippen LogP contribution is -2.44. The Balaban J connectivity index is 2.30. The molecule has 112 valence electrons. The monoisotopic (exact) mass is 301 g/mol. The first-order chi connectivity index (χ1) is 9.46. The van der Waals surface area contributed by atoms with Gasteiger partial charge in [-0.3, -0.25) is 0 Å². The Morgan fingerprint density at radius 1 is 1.40 bits per heavy atom. The topological polar surface area (TPSA) is 57.6 Å². The molecule has 1 fully saturated rings. The highest BCUT2D eigenvalue weighted by Gasteiger charge is 2.34. The summed E-state index contributed by atoms with van der Waals surface area (Å²) in [7, 11) is -3.69. The van der Waals surface area contributed by atoms with Gasteiger partial charge in [-0.1, -0.05) is 12.5 Å². The largest absolute Gasteiger partial charge is 0.396 e. The van der Waals surface area contributed by atoms with E-state index in [1.165, 1.54) is 16.4 Å². The van der Waals surface area contributed by atoms with Crippen molar-refractivity contribution in [3.8, 4) is 0 Å². The third kappa shape index (κ3) is 3.02. The molecule has 0 atom stereocenters. The van der Waals surface area contributed by atoms with Gasteiger partial charge in [-0.25, -0.2) is 12.8 Å². The number of aliphatic hydroxyl groups is 1. The van der Waals surface area contributed by atoms with E-state index in [4.69, 9.17) is 5.11 Å². The third-order valence-corrected chi connectivity index (χ3v) is 5.72. The molecule has 6 heteroatoms. The fourth-order valence-electron chi connectivity index (χ4n) is 2.27. The Hall–Kier alpha value is -0.980. The van der Waals surface area contributed by atoms with Gasteiger partial charge in [-0.05, 0) is 43.9 Å². The Morgan fingerprint density at radius 3 is 2.60 bits per heavy atom. The molecule has 1 saturated carbocycles. The lowest BCUT2D eigenvalue weighted by atomic mass is 9.93. The number of benzene rings is 1. The Kier molecular flexibility index (Phi) is 4.78. The second-order valence-corrected chi connectivity index (χ2v) is 7.08. The summed E-state index contributed by atoms with van der Waals surface area (Å²) < 4.78 is 40.2. The number of aliphatic hydroxyl groups excluding tert-OH is 1. The lowest BCUT2D eigenvalue weighted by molar-refractivity contribution is 0.198. The van der Waals surface area contributed by atoms with E-state index >= 15 is 0 Å². The van der Waals surface area contributed by atoms with Crippen molar-refractivity contribution < 1.29 is 17.9 Å². The molecule has 0 aromatic heterocycles. The molecular formula is C14H20FNO3S. The molecule has 0 heterocycles. The van der Waals surface area contributed by atoms with Crippen LogP contribution in [0.1, 0.15) is 31.2 Å². The summed E-state index contributed by atoms with van der Waals surface area (Å²) in [5.41, 5.74) is 0.425. The van der Waals surface area contributed by atoms with Crippen LogP contribution in [0.3, 0.4) is 0 Å². The van der Waals surface area contributed by atoms with Crippen LogP contribution in [-0.2, 0) is 10.0 Å². The first-order valence-electron chi connectivity index (χ1n) is 6.85. The highest BCUT2D eigenvalue weighted by atomic mass is 32.2. The second-order valence-electron chi connectivity index (χ2n) is 5.19. The van der Waals surface area contributed by atoms with Crippen LogP contribution in [-0.4, -0.2) is 37.0 Å². The molecule has 0 radical (unpaired) electrons. The molecule has 0 bridgehead atoms. The Bertz CT molecular complexity index is 570. The summed E-state index contributed by atoms with van der Waals surface area (Å²) in [5.74, 6) is -0.512. The van der Waals surface area contributed by atoms with Crippen LogP contribution in [0.5, 0.6) is 0 Å². The smallest absolute Gasteiger partial charge is 0.243 e. The maximum Gasteiger partial charge on any atom is 0.243 e. The van der Waals surface area contributed by atoms with Gasteiger partial charge >= 0.3 is 0 Å². The molecule has 20 heavy (non-hydrogen) atoms. The minimum atomic E-state index is -3.69. The van der Waals surface area contributed by atoms with E-state index in [0.717, 1.165) is 25.3 Å². The van der Waals surface area contributed by atoms with Gasteiger partial charge in [0.25, 0.3) is 0 Å². The maximum absolute atomic E-state index is 13.6. The van der Waals surface area contributed by atoms with Crippen molar-refractivity contribution in [2.75, 3.05) is 13.2 Å². The van der Waals surface area contributed by atoms with Crippen LogP contribution < -0.4 is 0 Å². The molecule has 1 aromatic rings. The number of hydrogen-bond donors (Lipinski definition) is 1. The second kappa shape index (κ2) is 6.20. The summed E-state index contributed by atoms with van der Waals surface area (Å²) in [4.78, 5) is -0.00885. The van der Waals surface area contributed by atoms with Gasteiger partial charge in [0, 0.05) is 19.2 Å².